The van der Waals surface area contributed by atoms with Crippen molar-refractivity contribution >= 4 is 56.5 Å². The van der Waals surface area contributed by atoms with E-state index >= 15 is 0 Å². The molecule has 3 atom stereocenters. The van der Waals surface area contributed by atoms with E-state index in [-0.39, 0.29) is 11.8 Å². The summed E-state index contributed by atoms with van der Waals surface area (Å²) in [5.74, 6) is 5.14. The second-order valence-corrected chi connectivity index (χ2v) is 15.2. The second kappa shape index (κ2) is 13.3. The van der Waals surface area contributed by atoms with Crippen molar-refractivity contribution in [2.75, 3.05) is 0 Å². The molecule has 3 aromatic carbocycles. The molecule has 0 saturated carbocycles. The van der Waals surface area contributed by atoms with Gasteiger partial charge >= 0.3 is 5.91 Å². The molecule has 57 heavy (non-hydrogen) atoms. The van der Waals surface area contributed by atoms with Gasteiger partial charge in [0.25, 0.3) is 23.3 Å². The zero-order chi connectivity index (χ0) is 41.2. The third-order valence-electron chi connectivity index (χ3n) is 12.5. The zero-order valence-corrected chi connectivity index (χ0v) is 36.9. The van der Waals surface area contributed by atoms with Crippen LogP contribution in [-0.2, 0) is 5.91 Å². The molecule has 1 spiro atoms. The number of aryl methyl sites for hydroxylation is 6. The van der Waals surface area contributed by atoms with Gasteiger partial charge in [-0.25, -0.2) is 0 Å². The van der Waals surface area contributed by atoms with Crippen molar-refractivity contribution in [2.45, 2.75) is 117 Å². The predicted molar refractivity (Wildman–Crippen MR) is 237 cm³/mol. The molecule has 0 N–H and O–H groups in total. The fraction of sp³-hybridized carbons (Fsp3) is 0.388. The molecule has 5 aromatic rings. The highest BCUT2D eigenvalue weighted by Gasteiger charge is 2.72. The molecule has 0 radical (unpaired) electrons. The topological polar surface area (TPSA) is 65.3 Å². The van der Waals surface area contributed by atoms with Crippen molar-refractivity contribution in [1.82, 2.24) is 9.13 Å². The van der Waals surface area contributed by atoms with Crippen LogP contribution in [-0.4, -0.2) is 41.6 Å². The highest BCUT2D eigenvalue weighted by molar-refractivity contribution is 6.19. The maximum atomic E-state index is 5.75. The van der Waals surface area contributed by atoms with Crippen LogP contribution in [0.1, 0.15) is 114 Å². The molecule has 6 aliphatic heterocycles. The number of fused-ring (bicyclic) bond motifs is 12. The van der Waals surface area contributed by atoms with Crippen molar-refractivity contribution in [3.63, 3.8) is 0 Å². The van der Waals surface area contributed by atoms with Crippen LogP contribution in [0, 0.1) is 53.4 Å². The number of hydrogen-bond donors (Lipinski definition) is 0. The number of rotatable bonds is 0. The van der Waals surface area contributed by atoms with Gasteiger partial charge in [-0.05, 0) is 88.8 Å². The smallest absolute Gasteiger partial charge is 0.192 e. The lowest BCUT2D eigenvalue weighted by Gasteiger charge is -2.41. The molecule has 8 nitrogen and oxygen atoms in total. The lowest BCUT2D eigenvalue weighted by molar-refractivity contribution is -0.791. The van der Waals surface area contributed by atoms with Gasteiger partial charge < -0.3 is 0 Å². The number of hydrogen-bond acceptors (Lipinski definition) is 4. The van der Waals surface area contributed by atoms with Gasteiger partial charge in [-0.2, -0.15) is 13.7 Å². The second-order valence-electron chi connectivity index (χ2n) is 15.2. The van der Waals surface area contributed by atoms with Gasteiger partial charge in [0.2, 0.25) is 22.6 Å². The Bertz CT molecular complexity index is 2970. The molecule has 8 heterocycles. The van der Waals surface area contributed by atoms with E-state index in [0.29, 0.717) is 0 Å². The lowest BCUT2D eigenvalue weighted by atomic mass is 9.79. The molecule has 12 rings (SSSR count). The molecule has 0 saturated heterocycles. The SMILES string of the molecule is CC.CC.CC.CC.CC1=CC=C(C)C2C3=[N+]4C(=Nc5c6c(C)ccc(C)c6c6n5C45n4c(c7c(C)ccc(C)c7c4=N3)=NC3=[N+]5C(=N6)c4c(C)ccc(C)c43)C12. The van der Waals surface area contributed by atoms with Crippen molar-refractivity contribution in [2.24, 2.45) is 31.8 Å². The minimum atomic E-state index is -0.941. The third kappa shape index (κ3) is 4.28. The minimum Gasteiger partial charge on any atom is -0.192 e. The molecule has 8 heteroatoms. The Kier molecular flexibility index (Phi) is 8.95. The first kappa shape index (κ1) is 38.4. The van der Waals surface area contributed by atoms with Crippen molar-refractivity contribution in [3.05, 3.63) is 115 Å². The summed E-state index contributed by atoms with van der Waals surface area (Å²) in [4.78, 5) is 22.9. The fourth-order valence-electron chi connectivity index (χ4n) is 10.3. The first-order valence-corrected chi connectivity index (χ1v) is 21.4. The van der Waals surface area contributed by atoms with Crippen molar-refractivity contribution in [1.29, 1.82) is 0 Å². The quantitative estimate of drug-likeness (QED) is 0.141. The van der Waals surface area contributed by atoms with Gasteiger partial charge in [0.15, 0.2) is 0 Å². The Balaban J connectivity index is 0.000000539. The summed E-state index contributed by atoms with van der Waals surface area (Å²) >= 11 is 0. The summed E-state index contributed by atoms with van der Waals surface area (Å²) < 4.78 is 9.87. The summed E-state index contributed by atoms with van der Waals surface area (Å²) in [7, 11) is 0. The van der Waals surface area contributed by atoms with Crippen LogP contribution in [0.2, 0.25) is 0 Å². The molecular formula is C49H58N8+2. The van der Waals surface area contributed by atoms with E-state index in [1.54, 1.807) is 0 Å². The van der Waals surface area contributed by atoms with Gasteiger partial charge in [-0.3, -0.25) is 0 Å². The number of aromatic nitrogens is 2. The highest BCUT2D eigenvalue weighted by Crippen LogP contribution is 2.56. The van der Waals surface area contributed by atoms with Gasteiger partial charge in [-0.15, -0.1) is 4.58 Å². The average molecular weight is 759 g/mol. The van der Waals surface area contributed by atoms with E-state index in [9.17, 15) is 0 Å². The number of aliphatic imine (C=N–C) groups is 2. The van der Waals surface area contributed by atoms with E-state index in [1.807, 2.05) is 55.4 Å². The van der Waals surface area contributed by atoms with Gasteiger partial charge in [0.1, 0.15) is 0 Å². The monoisotopic (exact) mass is 758 g/mol. The average Bonchev–Trinajstić information content (AvgIpc) is 3.97. The molecule has 3 unspecified atom stereocenters. The van der Waals surface area contributed by atoms with Crippen molar-refractivity contribution < 1.29 is 9.15 Å². The number of amidine groups is 4. The maximum Gasteiger partial charge on any atom is 0.404 e. The molecule has 0 amide bonds. The van der Waals surface area contributed by atoms with Gasteiger partial charge in [-0.1, -0.05) is 135 Å². The number of allylic oxidation sites excluding steroid dienone is 2. The standard InChI is InChI=1S/C41H34N8.4C2H6/c1-17-9-10-18(2)26-25(17)33-42-35-27-19(3)11-12-20(4)28(27)37-44-39-31-23(7)15-16-24(8)32(31)40-45-38-30-22(6)14-13-21(5)29(30)36-43-34(26)46(33)41(47(35)37,48(36)38)49(39)40;4*1-2/h9-16,25-26H,1-8H3;4*1-2H3/q+2;;;;. The molecule has 0 bridgehead atoms. The maximum absolute atomic E-state index is 5.75. The highest BCUT2D eigenvalue weighted by atomic mass is 15.7. The molecule has 7 aliphatic rings. The van der Waals surface area contributed by atoms with E-state index in [1.165, 1.54) is 77.2 Å². The van der Waals surface area contributed by atoms with E-state index < -0.39 is 5.91 Å². The Labute approximate surface area is 337 Å². The van der Waals surface area contributed by atoms with Crippen LogP contribution >= 0.6 is 0 Å². The molecular weight excluding hydrogens is 701 g/mol. The molecule has 2 aromatic heterocycles. The van der Waals surface area contributed by atoms with Crippen LogP contribution in [0.3, 0.4) is 0 Å². The van der Waals surface area contributed by atoms with Crippen LogP contribution < -0.4 is 11.0 Å². The van der Waals surface area contributed by atoms with E-state index in [2.05, 4.69) is 122 Å². The zero-order valence-electron chi connectivity index (χ0n) is 36.9. The Morgan fingerprint density at radius 2 is 0.930 bits per heavy atom. The molecule has 0 fully saturated rings. The van der Waals surface area contributed by atoms with Crippen LogP contribution in [0.4, 0.5) is 11.6 Å². The summed E-state index contributed by atoms with van der Waals surface area (Å²) in [6.45, 7) is 33.8. The summed E-state index contributed by atoms with van der Waals surface area (Å²) in [6.07, 6.45) is 4.58. The van der Waals surface area contributed by atoms with Crippen LogP contribution in [0.5, 0.6) is 0 Å². The predicted octanol–water partition coefficient (Wildman–Crippen LogP) is 10.4. The normalized spacial score (nSPS) is 21.3. The Morgan fingerprint density at radius 1 is 0.474 bits per heavy atom. The van der Waals surface area contributed by atoms with Gasteiger partial charge in [0.05, 0.1) is 44.5 Å². The van der Waals surface area contributed by atoms with E-state index in [4.69, 9.17) is 20.0 Å². The Morgan fingerprint density at radius 3 is 1.49 bits per heavy atom. The first-order chi connectivity index (χ1) is 27.6. The fourth-order valence-corrected chi connectivity index (χ4v) is 10.3. The Hall–Kier alpha value is -5.50. The summed E-state index contributed by atoms with van der Waals surface area (Å²) in [5.41, 5.74) is 14.1. The minimum absolute atomic E-state index is 0.0747. The largest absolute Gasteiger partial charge is 0.404 e. The third-order valence-corrected chi connectivity index (χ3v) is 12.5. The summed E-state index contributed by atoms with van der Waals surface area (Å²) in [6, 6.07) is 13.4. The molecule has 1 aliphatic carbocycles. The van der Waals surface area contributed by atoms with Crippen molar-refractivity contribution in [3.8, 4) is 0 Å². The first-order valence-electron chi connectivity index (χ1n) is 21.4. The lowest BCUT2D eigenvalue weighted by Crippen LogP contribution is -2.71. The number of nitrogens with zero attached hydrogens (tertiary/aromatic N) is 8. The molecule has 292 valence electrons. The number of benzene rings is 3. The van der Waals surface area contributed by atoms with Gasteiger partial charge in [0, 0.05) is 0 Å². The van der Waals surface area contributed by atoms with E-state index in [0.717, 1.165) is 46.0 Å². The summed E-state index contributed by atoms with van der Waals surface area (Å²) in [5, 5.41) is 4.70. The van der Waals surface area contributed by atoms with Crippen LogP contribution in [0.25, 0.3) is 21.5 Å². The van der Waals surface area contributed by atoms with Crippen LogP contribution in [0.15, 0.2) is 79.7 Å².